The zero-order valence-electron chi connectivity index (χ0n) is 21.5. The molecule has 11 heteroatoms. The van der Waals surface area contributed by atoms with Gasteiger partial charge in [0.05, 0.1) is 37.1 Å². The first-order valence-corrected chi connectivity index (χ1v) is 12.9. The van der Waals surface area contributed by atoms with Gasteiger partial charge in [0, 0.05) is 54.6 Å². The van der Waals surface area contributed by atoms with Gasteiger partial charge in [-0.1, -0.05) is 0 Å². The third-order valence-corrected chi connectivity index (χ3v) is 6.96. The van der Waals surface area contributed by atoms with Gasteiger partial charge >= 0.3 is 0 Å². The monoisotopic (exact) mass is 524 g/mol. The Morgan fingerprint density at radius 2 is 1.97 bits per heavy atom. The number of benzene rings is 1. The summed E-state index contributed by atoms with van der Waals surface area (Å²) >= 11 is 0. The van der Waals surface area contributed by atoms with E-state index in [4.69, 9.17) is 14.7 Å². The van der Waals surface area contributed by atoms with Crippen LogP contribution < -0.4 is 15.8 Å². The highest BCUT2D eigenvalue weighted by Crippen LogP contribution is 2.32. The molecule has 0 bridgehead atoms. The van der Waals surface area contributed by atoms with E-state index < -0.39 is 0 Å². The lowest BCUT2D eigenvalue weighted by Crippen LogP contribution is -2.45. The van der Waals surface area contributed by atoms with Crippen LogP contribution in [0.1, 0.15) is 28.5 Å². The molecule has 39 heavy (non-hydrogen) atoms. The number of hydrogen-bond donors (Lipinski definition) is 2. The van der Waals surface area contributed by atoms with Gasteiger partial charge < -0.3 is 19.9 Å². The lowest BCUT2D eigenvalue weighted by atomic mass is 10.0. The van der Waals surface area contributed by atoms with Crippen LogP contribution >= 0.6 is 0 Å². The maximum absolute atomic E-state index is 13.2. The number of pyridine rings is 1. The quantitative estimate of drug-likeness (QED) is 0.405. The third kappa shape index (κ3) is 5.21. The second-order valence-electron chi connectivity index (χ2n) is 9.62. The van der Waals surface area contributed by atoms with Crippen molar-refractivity contribution < 1.29 is 9.53 Å². The zero-order chi connectivity index (χ0) is 26.8. The molecule has 0 spiro atoms. The number of nitrogens with one attached hydrogen (secondary N) is 2. The van der Waals surface area contributed by atoms with Crippen LogP contribution in [-0.4, -0.2) is 68.1 Å². The van der Waals surface area contributed by atoms with Crippen molar-refractivity contribution in [2.24, 2.45) is 0 Å². The van der Waals surface area contributed by atoms with Crippen LogP contribution in [0.2, 0.25) is 0 Å². The standard InChI is InChI=1S/C28H28N8O3/c1-18-17-39-14-13-36(18)26-22-9-12-35(27(38)20-3-2-10-29-15-20)16-23(22)32-25(34-26)19-4-6-21(7-5-19)31-28-30-11-8-24(37)33-28/h2-8,10-11,15,18H,9,12-14,16-17H2,1H3,(H2,30,31,33,37). The first-order valence-electron chi connectivity index (χ1n) is 12.9. The molecule has 5 heterocycles. The summed E-state index contributed by atoms with van der Waals surface area (Å²) < 4.78 is 5.68. The minimum atomic E-state index is -0.229. The lowest BCUT2D eigenvalue weighted by molar-refractivity contribution is 0.0731. The first-order chi connectivity index (χ1) is 19.0. The fraction of sp³-hybridized carbons (Fsp3) is 0.286. The number of carbonyl (C=O) groups is 1. The molecule has 2 N–H and O–H groups in total. The van der Waals surface area contributed by atoms with Crippen LogP contribution in [0.15, 0.2) is 65.8 Å². The number of aromatic amines is 1. The topological polar surface area (TPSA) is 129 Å². The number of ether oxygens (including phenoxy) is 1. The molecule has 3 aromatic heterocycles. The average molecular weight is 525 g/mol. The maximum Gasteiger partial charge on any atom is 0.255 e. The molecule has 6 rings (SSSR count). The van der Waals surface area contributed by atoms with E-state index in [2.05, 4.69) is 32.1 Å². The highest BCUT2D eigenvalue weighted by Gasteiger charge is 2.30. The van der Waals surface area contributed by atoms with Gasteiger partial charge in [-0.05, 0) is 49.7 Å². The molecule has 11 nitrogen and oxygen atoms in total. The van der Waals surface area contributed by atoms with Crippen molar-refractivity contribution >= 4 is 23.4 Å². The summed E-state index contributed by atoms with van der Waals surface area (Å²) in [7, 11) is 0. The minimum absolute atomic E-state index is 0.0572. The van der Waals surface area contributed by atoms with E-state index in [0.717, 1.165) is 34.9 Å². The summed E-state index contributed by atoms with van der Waals surface area (Å²) in [4.78, 5) is 49.8. The molecule has 1 saturated heterocycles. The fourth-order valence-corrected chi connectivity index (χ4v) is 4.94. The number of carbonyl (C=O) groups excluding carboxylic acids is 1. The Hall–Kier alpha value is -4.64. The molecule has 0 radical (unpaired) electrons. The summed E-state index contributed by atoms with van der Waals surface area (Å²) in [6.07, 6.45) is 5.38. The van der Waals surface area contributed by atoms with Gasteiger partial charge in [0.1, 0.15) is 5.82 Å². The van der Waals surface area contributed by atoms with Crippen molar-refractivity contribution in [3.8, 4) is 11.4 Å². The van der Waals surface area contributed by atoms with Gasteiger partial charge in [-0.25, -0.2) is 15.0 Å². The molecule has 0 saturated carbocycles. The van der Waals surface area contributed by atoms with Crippen molar-refractivity contribution in [1.29, 1.82) is 0 Å². The van der Waals surface area contributed by atoms with Gasteiger partial charge in [-0.3, -0.25) is 19.6 Å². The summed E-state index contributed by atoms with van der Waals surface area (Å²) in [6, 6.07) is 12.7. The second-order valence-corrected chi connectivity index (χ2v) is 9.62. The Kier molecular flexibility index (Phi) is 6.72. The van der Waals surface area contributed by atoms with Crippen molar-refractivity contribution in [3.63, 3.8) is 0 Å². The van der Waals surface area contributed by atoms with Crippen LogP contribution in [0.5, 0.6) is 0 Å². The molecule has 1 fully saturated rings. The Balaban J connectivity index is 1.33. The Morgan fingerprint density at radius 3 is 2.74 bits per heavy atom. The molecule has 1 atom stereocenters. The number of morpholine rings is 1. The van der Waals surface area contributed by atoms with Gasteiger partial charge in [0.25, 0.3) is 11.5 Å². The summed E-state index contributed by atoms with van der Waals surface area (Å²) in [5.41, 5.74) is 3.88. The van der Waals surface area contributed by atoms with Crippen LogP contribution in [0.4, 0.5) is 17.5 Å². The predicted molar refractivity (Wildman–Crippen MR) is 146 cm³/mol. The molecule has 0 aliphatic carbocycles. The number of anilines is 3. The Morgan fingerprint density at radius 1 is 1.10 bits per heavy atom. The van der Waals surface area contributed by atoms with E-state index in [1.54, 1.807) is 24.5 Å². The van der Waals surface area contributed by atoms with Crippen molar-refractivity contribution in [2.45, 2.75) is 25.9 Å². The van der Waals surface area contributed by atoms with Crippen molar-refractivity contribution in [1.82, 2.24) is 29.8 Å². The van der Waals surface area contributed by atoms with Crippen LogP contribution in [0.3, 0.4) is 0 Å². The first kappa shape index (κ1) is 24.7. The summed E-state index contributed by atoms with van der Waals surface area (Å²) in [5.74, 6) is 1.81. The van der Waals surface area contributed by atoms with Crippen LogP contribution in [0, 0.1) is 0 Å². The molecule has 198 valence electrons. The van der Waals surface area contributed by atoms with Crippen molar-refractivity contribution in [3.05, 3.63) is 88.2 Å². The average Bonchev–Trinajstić information content (AvgIpc) is 2.97. The predicted octanol–water partition coefficient (Wildman–Crippen LogP) is 2.79. The lowest BCUT2D eigenvalue weighted by Gasteiger charge is -2.37. The minimum Gasteiger partial charge on any atom is -0.377 e. The highest BCUT2D eigenvalue weighted by atomic mass is 16.5. The molecule has 2 aliphatic heterocycles. The largest absolute Gasteiger partial charge is 0.377 e. The third-order valence-electron chi connectivity index (χ3n) is 6.96. The Labute approximate surface area is 224 Å². The molecular weight excluding hydrogens is 496 g/mol. The smallest absolute Gasteiger partial charge is 0.255 e. The number of rotatable bonds is 5. The number of nitrogens with zero attached hydrogens (tertiary/aromatic N) is 6. The number of H-pyrrole nitrogens is 1. The molecule has 4 aromatic rings. The number of hydrogen-bond acceptors (Lipinski definition) is 9. The fourth-order valence-electron chi connectivity index (χ4n) is 4.94. The molecular formula is C28H28N8O3. The van der Waals surface area contributed by atoms with Crippen LogP contribution in [-0.2, 0) is 17.7 Å². The van der Waals surface area contributed by atoms with E-state index in [0.29, 0.717) is 50.1 Å². The molecule has 1 unspecified atom stereocenters. The van der Waals surface area contributed by atoms with E-state index in [9.17, 15) is 9.59 Å². The van der Waals surface area contributed by atoms with E-state index in [-0.39, 0.29) is 17.5 Å². The summed E-state index contributed by atoms with van der Waals surface area (Å²) in [5, 5.41) is 3.10. The van der Waals surface area contributed by atoms with E-state index in [1.807, 2.05) is 29.2 Å². The van der Waals surface area contributed by atoms with Gasteiger partial charge in [-0.15, -0.1) is 0 Å². The molecule has 1 aromatic carbocycles. The highest BCUT2D eigenvalue weighted by molar-refractivity contribution is 5.94. The number of amides is 1. The SMILES string of the molecule is CC1COCCN1c1nc(-c2ccc(Nc3nccc(=O)[nH]3)cc2)nc2c1CCN(C(=O)c1cccnc1)C2. The van der Waals surface area contributed by atoms with Gasteiger partial charge in [-0.2, -0.15) is 0 Å². The van der Waals surface area contributed by atoms with Gasteiger partial charge in [0.15, 0.2) is 5.82 Å². The second kappa shape index (κ2) is 10.6. The number of aromatic nitrogens is 5. The normalized spacial score (nSPS) is 17.0. The number of fused-ring (bicyclic) bond motifs is 1. The van der Waals surface area contributed by atoms with E-state index >= 15 is 0 Å². The molecule has 2 aliphatic rings. The molecule has 1 amide bonds. The van der Waals surface area contributed by atoms with E-state index in [1.165, 1.54) is 12.3 Å². The van der Waals surface area contributed by atoms with Gasteiger partial charge in [0.2, 0.25) is 5.95 Å². The Bertz CT molecular complexity index is 1540. The van der Waals surface area contributed by atoms with Crippen LogP contribution in [0.25, 0.3) is 11.4 Å². The zero-order valence-corrected chi connectivity index (χ0v) is 21.5. The maximum atomic E-state index is 13.2. The van der Waals surface area contributed by atoms with Crippen molar-refractivity contribution in [2.75, 3.05) is 36.5 Å². The summed E-state index contributed by atoms with van der Waals surface area (Å²) in [6.45, 7) is 5.14.